The first kappa shape index (κ1) is 15.8. The normalized spacial score (nSPS) is 11.0. The first-order valence-corrected chi connectivity index (χ1v) is 6.23. The molecule has 0 radical (unpaired) electrons. The molecule has 20 heavy (non-hydrogen) atoms. The SMILES string of the molecule is COc1cccc(CC(N)=CCOC(=O)CC(C)=O)c1. The van der Waals surface area contributed by atoms with Gasteiger partial charge in [-0.15, -0.1) is 0 Å². The summed E-state index contributed by atoms with van der Waals surface area (Å²) in [6, 6.07) is 7.56. The summed E-state index contributed by atoms with van der Waals surface area (Å²) in [6.07, 6.45) is 1.96. The molecular weight excluding hydrogens is 258 g/mol. The highest BCUT2D eigenvalue weighted by Gasteiger charge is 2.05. The first-order valence-electron chi connectivity index (χ1n) is 6.23. The highest BCUT2D eigenvalue weighted by atomic mass is 16.5. The third kappa shape index (κ3) is 6.04. The number of esters is 1. The van der Waals surface area contributed by atoms with Crippen LogP contribution in [0.15, 0.2) is 36.0 Å². The van der Waals surface area contributed by atoms with E-state index < -0.39 is 5.97 Å². The topological polar surface area (TPSA) is 78.6 Å². The van der Waals surface area contributed by atoms with Crippen LogP contribution < -0.4 is 10.5 Å². The van der Waals surface area contributed by atoms with Gasteiger partial charge in [0.2, 0.25) is 0 Å². The molecule has 0 amide bonds. The third-order valence-electron chi connectivity index (χ3n) is 2.53. The molecule has 108 valence electrons. The van der Waals surface area contributed by atoms with Gasteiger partial charge in [-0.2, -0.15) is 0 Å². The number of allylic oxidation sites excluding steroid dienone is 1. The summed E-state index contributed by atoms with van der Waals surface area (Å²) in [4.78, 5) is 21.8. The Balaban J connectivity index is 2.45. The van der Waals surface area contributed by atoms with Gasteiger partial charge in [0.05, 0.1) is 7.11 Å². The van der Waals surface area contributed by atoms with E-state index >= 15 is 0 Å². The summed E-state index contributed by atoms with van der Waals surface area (Å²) in [6.45, 7) is 1.41. The average Bonchev–Trinajstić information content (AvgIpc) is 2.38. The summed E-state index contributed by atoms with van der Waals surface area (Å²) in [5.41, 5.74) is 7.45. The lowest BCUT2D eigenvalue weighted by Crippen LogP contribution is -2.10. The molecule has 2 N–H and O–H groups in total. The van der Waals surface area contributed by atoms with Crippen LogP contribution in [0.1, 0.15) is 18.9 Å². The molecule has 0 aromatic heterocycles. The minimum atomic E-state index is -0.539. The maximum atomic E-state index is 11.1. The predicted molar refractivity (Wildman–Crippen MR) is 75.2 cm³/mol. The summed E-state index contributed by atoms with van der Waals surface area (Å²) in [5.74, 6) is 0.00875. The Kier molecular flexibility index (Phi) is 6.29. The second-order valence-electron chi connectivity index (χ2n) is 4.37. The van der Waals surface area contributed by atoms with Gasteiger partial charge in [0, 0.05) is 12.1 Å². The number of benzene rings is 1. The molecule has 0 aliphatic heterocycles. The maximum absolute atomic E-state index is 11.1. The Morgan fingerprint density at radius 3 is 2.75 bits per heavy atom. The predicted octanol–water partition coefficient (Wildman–Crippen LogP) is 1.60. The van der Waals surface area contributed by atoms with Crippen molar-refractivity contribution in [2.75, 3.05) is 13.7 Å². The van der Waals surface area contributed by atoms with Gasteiger partial charge in [-0.25, -0.2) is 0 Å². The Morgan fingerprint density at radius 1 is 1.35 bits per heavy atom. The zero-order valence-corrected chi connectivity index (χ0v) is 11.7. The Bertz CT molecular complexity index is 508. The van der Waals surface area contributed by atoms with Crippen LogP contribution in [0, 0.1) is 0 Å². The van der Waals surface area contributed by atoms with Crippen LogP contribution in [0.4, 0.5) is 0 Å². The van der Waals surface area contributed by atoms with Gasteiger partial charge >= 0.3 is 5.97 Å². The second-order valence-corrected chi connectivity index (χ2v) is 4.37. The van der Waals surface area contributed by atoms with Crippen LogP contribution in [0.5, 0.6) is 5.75 Å². The fraction of sp³-hybridized carbons (Fsp3) is 0.333. The zero-order valence-electron chi connectivity index (χ0n) is 11.7. The number of rotatable bonds is 7. The summed E-state index contributed by atoms with van der Waals surface area (Å²) < 4.78 is 9.99. The van der Waals surface area contributed by atoms with Crippen molar-refractivity contribution in [2.45, 2.75) is 19.8 Å². The van der Waals surface area contributed by atoms with Crippen LogP contribution in [0.25, 0.3) is 0 Å². The third-order valence-corrected chi connectivity index (χ3v) is 2.53. The number of carbonyl (C=O) groups excluding carboxylic acids is 2. The van der Waals surface area contributed by atoms with Gasteiger partial charge in [-0.3, -0.25) is 9.59 Å². The lowest BCUT2D eigenvalue weighted by Gasteiger charge is -2.05. The van der Waals surface area contributed by atoms with Crippen molar-refractivity contribution < 1.29 is 19.1 Å². The standard InChI is InChI=1S/C15H19NO4/c1-11(17)8-15(18)20-7-6-13(16)9-12-4-3-5-14(10-12)19-2/h3-6,10H,7-9,16H2,1-2H3. The van der Waals surface area contributed by atoms with Crippen molar-refractivity contribution >= 4 is 11.8 Å². The lowest BCUT2D eigenvalue weighted by atomic mass is 10.1. The monoisotopic (exact) mass is 277 g/mol. The van der Waals surface area contributed by atoms with E-state index in [2.05, 4.69) is 0 Å². The fourth-order valence-corrected chi connectivity index (χ4v) is 1.59. The van der Waals surface area contributed by atoms with Gasteiger partial charge in [0.25, 0.3) is 0 Å². The number of hydrogen-bond acceptors (Lipinski definition) is 5. The van der Waals surface area contributed by atoms with Crippen molar-refractivity contribution in [1.29, 1.82) is 0 Å². The van der Waals surface area contributed by atoms with Crippen LogP contribution in [-0.4, -0.2) is 25.5 Å². The zero-order chi connectivity index (χ0) is 15.0. The number of methoxy groups -OCH3 is 1. The molecule has 0 aliphatic carbocycles. The largest absolute Gasteiger partial charge is 0.497 e. The molecule has 1 rings (SSSR count). The molecule has 0 fully saturated rings. The van der Waals surface area contributed by atoms with Crippen LogP contribution in [0.3, 0.4) is 0 Å². The average molecular weight is 277 g/mol. The van der Waals surface area contributed by atoms with E-state index in [4.69, 9.17) is 15.2 Å². The number of carbonyl (C=O) groups is 2. The fourth-order valence-electron chi connectivity index (χ4n) is 1.59. The van der Waals surface area contributed by atoms with E-state index in [1.165, 1.54) is 6.92 Å². The smallest absolute Gasteiger partial charge is 0.313 e. The molecule has 0 saturated carbocycles. The Morgan fingerprint density at radius 2 is 2.10 bits per heavy atom. The van der Waals surface area contributed by atoms with E-state index in [1.54, 1.807) is 13.2 Å². The van der Waals surface area contributed by atoms with Crippen molar-refractivity contribution in [2.24, 2.45) is 5.73 Å². The van der Waals surface area contributed by atoms with Crippen molar-refractivity contribution in [1.82, 2.24) is 0 Å². The van der Waals surface area contributed by atoms with E-state index in [1.807, 2.05) is 24.3 Å². The number of hydrogen-bond donors (Lipinski definition) is 1. The van der Waals surface area contributed by atoms with Gasteiger partial charge in [0.1, 0.15) is 24.6 Å². The molecule has 1 aromatic carbocycles. The van der Waals surface area contributed by atoms with E-state index in [-0.39, 0.29) is 18.8 Å². The lowest BCUT2D eigenvalue weighted by molar-refractivity contribution is -0.144. The van der Waals surface area contributed by atoms with E-state index in [9.17, 15) is 9.59 Å². The molecular formula is C15H19NO4. The number of nitrogens with two attached hydrogens (primary N) is 1. The highest BCUT2D eigenvalue weighted by molar-refractivity contribution is 5.94. The van der Waals surface area contributed by atoms with Gasteiger partial charge < -0.3 is 15.2 Å². The summed E-state index contributed by atoms with van der Waals surface area (Å²) >= 11 is 0. The van der Waals surface area contributed by atoms with Crippen LogP contribution in [0.2, 0.25) is 0 Å². The molecule has 0 bridgehead atoms. The molecule has 5 nitrogen and oxygen atoms in total. The number of ether oxygens (including phenoxy) is 2. The van der Waals surface area contributed by atoms with Crippen LogP contribution >= 0.6 is 0 Å². The molecule has 0 heterocycles. The Hall–Kier alpha value is -2.30. The molecule has 0 unspecified atom stereocenters. The van der Waals surface area contributed by atoms with Crippen molar-refractivity contribution in [3.63, 3.8) is 0 Å². The van der Waals surface area contributed by atoms with Gasteiger partial charge in [0.15, 0.2) is 0 Å². The van der Waals surface area contributed by atoms with Crippen molar-refractivity contribution in [3.05, 3.63) is 41.6 Å². The van der Waals surface area contributed by atoms with E-state index in [0.717, 1.165) is 11.3 Å². The highest BCUT2D eigenvalue weighted by Crippen LogP contribution is 2.14. The maximum Gasteiger partial charge on any atom is 0.313 e. The van der Waals surface area contributed by atoms with Gasteiger partial charge in [-0.05, 0) is 30.7 Å². The quantitative estimate of drug-likeness (QED) is 0.605. The molecule has 0 spiro atoms. The summed E-state index contributed by atoms with van der Waals surface area (Å²) in [5, 5.41) is 0. The first-order chi connectivity index (χ1) is 9.51. The number of Topliss-reactive ketones (excluding diaryl/α,β-unsaturated/α-hetero) is 1. The van der Waals surface area contributed by atoms with Crippen molar-refractivity contribution in [3.8, 4) is 5.75 Å². The minimum Gasteiger partial charge on any atom is -0.497 e. The van der Waals surface area contributed by atoms with E-state index in [0.29, 0.717) is 12.1 Å². The minimum absolute atomic E-state index is 0.0713. The molecule has 5 heteroatoms. The molecule has 0 saturated heterocycles. The molecule has 0 aliphatic rings. The Labute approximate surface area is 118 Å². The second kappa shape index (κ2) is 7.99. The molecule has 1 aromatic rings. The molecule has 0 atom stereocenters. The van der Waals surface area contributed by atoms with Crippen LogP contribution in [-0.2, 0) is 20.7 Å². The van der Waals surface area contributed by atoms with Gasteiger partial charge in [-0.1, -0.05) is 12.1 Å². The number of ketones is 1. The summed E-state index contributed by atoms with van der Waals surface area (Å²) in [7, 11) is 1.60.